The second kappa shape index (κ2) is 5.74. The average Bonchev–Trinajstić information content (AvgIpc) is 3.12. The van der Waals surface area contributed by atoms with E-state index < -0.39 is 5.91 Å². The zero-order valence-corrected chi connectivity index (χ0v) is 15.2. The summed E-state index contributed by atoms with van der Waals surface area (Å²) in [4.78, 5) is 12.5. The number of carbonyl (C=O) groups is 1. The Morgan fingerprint density at radius 2 is 2.08 bits per heavy atom. The van der Waals surface area contributed by atoms with Crippen molar-refractivity contribution in [1.29, 1.82) is 0 Å². The molecule has 1 aliphatic carbocycles. The molecule has 6 heteroatoms. The number of benzene rings is 1. The molecule has 1 amide bonds. The van der Waals surface area contributed by atoms with Gasteiger partial charge in [0, 0.05) is 7.05 Å². The summed E-state index contributed by atoms with van der Waals surface area (Å²) >= 11 is 1.33. The number of carbonyl (C=O) groups excluding carboxylic acids is 1. The fourth-order valence-electron chi connectivity index (χ4n) is 3.32. The molecule has 2 N–H and O–H groups in total. The van der Waals surface area contributed by atoms with Crippen LogP contribution in [-0.2, 0) is 19.9 Å². The van der Waals surface area contributed by atoms with Crippen LogP contribution < -0.4 is 10.5 Å². The highest BCUT2D eigenvalue weighted by molar-refractivity contribution is 7.16. The molecule has 0 radical (unpaired) electrons. The Morgan fingerprint density at radius 3 is 2.80 bits per heavy atom. The topological polar surface area (TPSA) is 70.1 Å². The Hall–Kier alpha value is -2.60. The third-order valence-corrected chi connectivity index (χ3v) is 5.91. The predicted octanol–water partition coefficient (Wildman–Crippen LogP) is 3.76. The zero-order chi connectivity index (χ0) is 17.7. The second-order valence-corrected chi connectivity index (χ2v) is 7.41. The van der Waals surface area contributed by atoms with E-state index >= 15 is 0 Å². The first kappa shape index (κ1) is 15.9. The molecule has 128 valence electrons. The lowest BCUT2D eigenvalue weighted by molar-refractivity contribution is 0.100. The van der Waals surface area contributed by atoms with E-state index in [0.29, 0.717) is 9.94 Å². The minimum absolute atomic E-state index is 0.401. The van der Waals surface area contributed by atoms with E-state index in [1.807, 2.05) is 36.1 Å². The van der Waals surface area contributed by atoms with E-state index in [1.54, 1.807) is 0 Å². The number of aryl methyl sites for hydroxylation is 4. The van der Waals surface area contributed by atoms with Gasteiger partial charge in [0.05, 0.1) is 22.3 Å². The molecule has 0 unspecified atom stereocenters. The summed E-state index contributed by atoms with van der Waals surface area (Å²) in [7, 11) is 1.91. The van der Waals surface area contributed by atoms with Gasteiger partial charge in [0.15, 0.2) is 5.06 Å². The number of hydrogen-bond donors (Lipinski definition) is 1. The number of nitrogens with zero attached hydrogens (tertiary/aromatic N) is 2. The number of fused-ring (bicyclic) bond motifs is 3. The Morgan fingerprint density at radius 1 is 1.28 bits per heavy atom. The van der Waals surface area contributed by atoms with E-state index in [0.717, 1.165) is 35.4 Å². The van der Waals surface area contributed by atoms with Gasteiger partial charge in [0.2, 0.25) is 0 Å². The predicted molar refractivity (Wildman–Crippen MR) is 98.4 cm³/mol. The normalized spacial score (nSPS) is 12.6. The quantitative estimate of drug-likeness (QED) is 0.779. The molecule has 0 saturated carbocycles. The first-order chi connectivity index (χ1) is 12.0. The fourth-order valence-corrected chi connectivity index (χ4v) is 4.40. The van der Waals surface area contributed by atoms with Crippen molar-refractivity contribution in [2.75, 3.05) is 0 Å². The highest BCUT2D eigenvalue weighted by Crippen LogP contribution is 2.48. The first-order valence-electron chi connectivity index (χ1n) is 8.17. The smallest absolute Gasteiger partial charge is 0.259 e. The average molecular weight is 353 g/mol. The Labute approximate surface area is 150 Å². The minimum Gasteiger partial charge on any atom is -0.446 e. The maximum absolute atomic E-state index is 11.9. The van der Waals surface area contributed by atoms with Crippen molar-refractivity contribution in [3.8, 4) is 22.1 Å². The van der Waals surface area contributed by atoms with Gasteiger partial charge in [0.1, 0.15) is 5.75 Å². The summed E-state index contributed by atoms with van der Waals surface area (Å²) in [6.07, 6.45) is 3.52. The standard InChI is InChI=1S/C19H19N3O2S/c1-10-4-6-13(8-11(10)2)24-19-15-14(17(25-19)18(20)23)7-5-12-9-21-22(3)16(12)15/h4,6,8-9H,5,7H2,1-3H3,(H2,20,23). The molecule has 0 bridgehead atoms. The van der Waals surface area contributed by atoms with Crippen LogP contribution in [0.2, 0.25) is 0 Å². The van der Waals surface area contributed by atoms with Crippen LogP contribution >= 0.6 is 11.3 Å². The molecule has 5 nitrogen and oxygen atoms in total. The molecular weight excluding hydrogens is 334 g/mol. The van der Waals surface area contributed by atoms with Crippen LogP contribution in [0.15, 0.2) is 24.4 Å². The minimum atomic E-state index is -0.401. The Bertz CT molecular complexity index is 1000. The number of hydrogen-bond acceptors (Lipinski definition) is 4. The number of nitrogens with two attached hydrogens (primary N) is 1. The molecular formula is C19H19N3O2S. The molecule has 4 rings (SSSR count). The molecule has 2 heterocycles. The zero-order valence-electron chi connectivity index (χ0n) is 14.4. The molecule has 25 heavy (non-hydrogen) atoms. The van der Waals surface area contributed by atoms with Crippen molar-refractivity contribution in [2.24, 2.45) is 12.8 Å². The van der Waals surface area contributed by atoms with Gasteiger partial charge >= 0.3 is 0 Å². The number of thiophene rings is 1. The lowest BCUT2D eigenvalue weighted by Gasteiger charge is -2.16. The molecule has 1 aromatic carbocycles. The van der Waals surface area contributed by atoms with Crippen molar-refractivity contribution < 1.29 is 9.53 Å². The van der Waals surface area contributed by atoms with E-state index in [4.69, 9.17) is 10.5 Å². The lowest BCUT2D eigenvalue weighted by atomic mass is 9.91. The number of ether oxygens (including phenoxy) is 1. The molecule has 3 aromatic rings. The number of rotatable bonds is 3. The highest BCUT2D eigenvalue weighted by Gasteiger charge is 2.30. The fraction of sp³-hybridized carbons (Fsp3) is 0.263. The van der Waals surface area contributed by atoms with Crippen LogP contribution in [0.25, 0.3) is 11.3 Å². The summed E-state index contributed by atoms with van der Waals surface area (Å²) in [6.45, 7) is 4.12. The monoisotopic (exact) mass is 353 g/mol. The Kier molecular flexibility index (Phi) is 3.65. The number of aromatic nitrogens is 2. The van der Waals surface area contributed by atoms with Crippen molar-refractivity contribution in [3.05, 3.63) is 51.5 Å². The summed E-state index contributed by atoms with van der Waals surface area (Å²) in [5.41, 5.74) is 12.1. The van der Waals surface area contributed by atoms with Gasteiger partial charge in [-0.15, -0.1) is 0 Å². The van der Waals surface area contributed by atoms with Gasteiger partial charge in [-0.3, -0.25) is 9.48 Å². The third-order valence-electron chi connectivity index (χ3n) is 4.78. The molecule has 0 saturated heterocycles. The van der Waals surface area contributed by atoms with Gasteiger partial charge in [-0.05, 0) is 61.1 Å². The van der Waals surface area contributed by atoms with Gasteiger partial charge < -0.3 is 10.5 Å². The van der Waals surface area contributed by atoms with E-state index in [-0.39, 0.29) is 0 Å². The van der Waals surface area contributed by atoms with Crippen molar-refractivity contribution in [2.45, 2.75) is 26.7 Å². The lowest BCUT2D eigenvalue weighted by Crippen LogP contribution is -2.13. The van der Waals surface area contributed by atoms with Crippen LogP contribution in [0.3, 0.4) is 0 Å². The third kappa shape index (κ3) is 2.53. The van der Waals surface area contributed by atoms with Crippen LogP contribution in [0.5, 0.6) is 10.8 Å². The van der Waals surface area contributed by atoms with Crippen LogP contribution in [0.1, 0.15) is 31.9 Å². The van der Waals surface area contributed by atoms with Crippen LogP contribution in [0.4, 0.5) is 0 Å². The molecule has 0 aliphatic heterocycles. The van der Waals surface area contributed by atoms with E-state index in [9.17, 15) is 4.79 Å². The molecule has 0 fully saturated rings. The first-order valence-corrected chi connectivity index (χ1v) is 8.99. The van der Waals surface area contributed by atoms with Crippen molar-refractivity contribution in [3.63, 3.8) is 0 Å². The maximum Gasteiger partial charge on any atom is 0.259 e. The van der Waals surface area contributed by atoms with E-state index in [2.05, 4.69) is 18.9 Å². The van der Waals surface area contributed by atoms with Gasteiger partial charge in [-0.1, -0.05) is 17.4 Å². The summed E-state index contributed by atoms with van der Waals surface area (Å²) in [6, 6.07) is 6.00. The van der Waals surface area contributed by atoms with Gasteiger partial charge in [-0.2, -0.15) is 5.10 Å². The molecule has 2 aromatic heterocycles. The van der Waals surface area contributed by atoms with E-state index in [1.165, 1.54) is 28.0 Å². The van der Waals surface area contributed by atoms with Gasteiger partial charge in [-0.25, -0.2) is 0 Å². The second-order valence-electron chi connectivity index (χ2n) is 6.43. The summed E-state index contributed by atoms with van der Waals surface area (Å²) in [5, 5.41) is 5.08. The summed E-state index contributed by atoms with van der Waals surface area (Å²) in [5.74, 6) is 0.360. The number of primary amides is 1. The largest absolute Gasteiger partial charge is 0.446 e. The van der Waals surface area contributed by atoms with Crippen molar-refractivity contribution >= 4 is 17.2 Å². The Balaban J connectivity index is 1.87. The van der Waals surface area contributed by atoms with Crippen molar-refractivity contribution in [1.82, 2.24) is 9.78 Å². The molecule has 0 atom stereocenters. The maximum atomic E-state index is 11.9. The molecule has 1 aliphatic rings. The number of amides is 1. The van der Waals surface area contributed by atoms with Crippen LogP contribution in [0, 0.1) is 13.8 Å². The molecule has 0 spiro atoms. The summed E-state index contributed by atoms with van der Waals surface area (Å²) < 4.78 is 8.04. The van der Waals surface area contributed by atoms with Crippen LogP contribution in [-0.4, -0.2) is 15.7 Å². The highest BCUT2D eigenvalue weighted by atomic mass is 32.1. The van der Waals surface area contributed by atoms with Gasteiger partial charge in [0.25, 0.3) is 5.91 Å². The SMILES string of the molecule is Cc1ccc(Oc2sc(C(N)=O)c3c2-c2c(cnn2C)CC3)cc1C.